The maximum Gasteiger partial charge on any atom is 0.387 e. The van der Waals surface area contributed by atoms with E-state index in [0.29, 0.717) is 36.1 Å². The molecule has 0 amide bonds. The summed E-state index contributed by atoms with van der Waals surface area (Å²) in [5, 5.41) is 6.34. The Labute approximate surface area is 150 Å². The van der Waals surface area contributed by atoms with Crippen LogP contribution >= 0.6 is 0 Å². The number of benzene rings is 1. The average molecular weight is 371 g/mol. The minimum atomic E-state index is -2.93. The quantitative estimate of drug-likeness (QED) is 0.566. The third kappa shape index (κ3) is 4.87. The normalized spacial score (nSPS) is 19.1. The zero-order chi connectivity index (χ0) is 18.4. The Morgan fingerprint density at radius 3 is 2.81 bits per heavy atom. The highest BCUT2D eigenvalue weighted by molar-refractivity contribution is 5.79. The van der Waals surface area contributed by atoms with E-state index in [4.69, 9.17) is 14.2 Å². The molecule has 0 bridgehead atoms. The van der Waals surface area contributed by atoms with Gasteiger partial charge in [-0.05, 0) is 25.8 Å². The molecule has 7 nitrogen and oxygen atoms in total. The molecule has 0 spiro atoms. The van der Waals surface area contributed by atoms with Crippen LogP contribution in [0.25, 0.3) is 0 Å². The molecule has 2 aliphatic heterocycles. The Bertz CT molecular complexity index is 637. The topological polar surface area (TPSA) is 73.3 Å². The van der Waals surface area contributed by atoms with E-state index < -0.39 is 6.61 Å². The average Bonchev–Trinajstić information content (AvgIpc) is 3.27. The number of fused-ring (bicyclic) bond motifs is 1. The number of guanidine groups is 1. The number of halogens is 2. The zero-order valence-corrected chi connectivity index (χ0v) is 14.6. The first kappa shape index (κ1) is 18.5. The molecule has 1 atom stereocenters. The summed E-state index contributed by atoms with van der Waals surface area (Å²) in [4.78, 5) is 4.46. The third-order valence-electron chi connectivity index (χ3n) is 4.04. The molecule has 1 aromatic rings. The molecule has 1 unspecified atom stereocenters. The fraction of sp³-hybridized carbons (Fsp3) is 0.588. The SMILES string of the molecule is CCNC(=NCc1cc2c(cc1OC(F)F)OCO2)NCC1CCCO1. The Morgan fingerprint density at radius 1 is 1.31 bits per heavy atom. The first-order chi connectivity index (χ1) is 12.7. The number of alkyl halides is 2. The van der Waals surface area contributed by atoms with Gasteiger partial charge in [0, 0.05) is 31.3 Å². The van der Waals surface area contributed by atoms with Crippen molar-refractivity contribution in [2.75, 3.05) is 26.5 Å². The Balaban J connectivity index is 1.70. The van der Waals surface area contributed by atoms with E-state index in [-0.39, 0.29) is 25.2 Å². The van der Waals surface area contributed by atoms with Crippen LogP contribution in [0.1, 0.15) is 25.3 Å². The van der Waals surface area contributed by atoms with Gasteiger partial charge in [-0.3, -0.25) is 0 Å². The molecular formula is C17H23F2N3O4. The van der Waals surface area contributed by atoms with E-state index in [9.17, 15) is 8.78 Å². The highest BCUT2D eigenvalue weighted by Crippen LogP contribution is 2.39. The van der Waals surface area contributed by atoms with Crippen molar-refractivity contribution < 1.29 is 27.7 Å². The van der Waals surface area contributed by atoms with Crippen molar-refractivity contribution >= 4 is 5.96 Å². The van der Waals surface area contributed by atoms with Gasteiger partial charge in [0.1, 0.15) is 5.75 Å². The summed E-state index contributed by atoms with van der Waals surface area (Å²) < 4.78 is 46.1. The molecule has 2 aliphatic rings. The van der Waals surface area contributed by atoms with Gasteiger partial charge in [0.05, 0.1) is 12.6 Å². The fourth-order valence-electron chi connectivity index (χ4n) is 2.82. The second-order valence-corrected chi connectivity index (χ2v) is 5.90. The maximum atomic E-state index is 12.7. The van der Waals surface area contributed by atoms with Crippen LogP contribution in [0.15, 0.2) is 17.1 Å². The van der Waals surface area contributed by atoms with Gasteiger partial charge >= 0.3 is 6.61 Å². The molecule has 26 heavy (non-hydrogen) atoms. The molecule has 3 rings (SSSR count). The molecule has 1 fully saturated rings. The van der Waals surface area contributed by atoms with Gasteiger partial charge < -0.3 is 29.6 Å². The van der Waals surface area contributed by atoms with Gasteiger partial charge in [-0.2, -0.15) is 8.78 Å². The molecule has 0 aliphatic carbocycles. The Kier molecular flexibility index (Phi) is 6.32. The molecule has 144 valence electrons. The van der Waals surface area contributed by atoms with Crippen molar-refractivity contribution in [2.24, 2.45) is 4.99 Å². The van der Waals surface area contributed by atoms with E-state index in [0.717, 1.165) is 19.4 Å². The second-order valence-electron chi connectivity index (χ2n) is 5.90. The van der Waals surface area contributed by atoms with Crippen LogP contribution in [0, 0.1) is 0 Å². The molecule has 1 aromatic carbocycles. The first-order valence-electron chi connectivity index (χ1n) is 8.67. The number of ether oxygens (including phenoxy) is 4. The predicted molar refractivity (Wildman–Crippen MR) is 91.0 cm³/mol. The summed E-state index contributed by atoms with van der Waals surface area (Å²) in [6.07, 6.45) is 2.24. The minimum Gasteiger partial charge on any atom is -0.454 e. The van der Waals surface area contributed by atoms with Crippen LogP contribution in [0.2, 0.25) is 0 Å². The van der Waals surface area contributed by atoms with E-state index >= 15 is 0 Å². The van der Waals surface area contributed by atoms with Gasteiger partial charge in [-0.15, -0.1) is 0 Å². The number of hydrogen-bond acceptors (Lipinski definition) is 5. The first-order valence-corrected chi connectivity index (χ1v) is 8.67. The lowest BCUT2D eigenvalue weighted by atomic mass is 10.1. The van der Waals surface area contributed by atoms with Crippen molar-refractivity contribution in [3.63, 3.8) is 0 Å². The van der Waals surface area contributed by atoms with Gasteiger partial charge in [0.15, 0.2) is 17.5 Å². The van der Waals surface area contributed by atoms with Crippen molar-refractivity contribution in [3.8, 4) is 17.2 Å². The third-order valence-corrected chi connectivity index (χ3v) is 4.04. The fourth-order valence-corrected chi connectivity index (χ4v) is 2.82. The predicted octanol–water partition coefficient (Wildman–Crippen LogP) is 2.25. The van der Waals surface area contributed by atoms with Crippen LogP contribution in [0.3, 0.4) is 0 Å². The Morgan fingerprint density at radius 2 is 2.12 bits per heavy atom. The monoisotopic (exact) mass is 371 g/mol. The molecule has 0 aromatic heterocycles. The van der Waals surface area contributed by atoms with Crippen LogP contribution in [-0.4, -0.2) is 45.2 Å². The van der Waals surface area contributed by atoms with E-state index in [1.165, 1.54) is 6.07 Å². The van der Waals surface area contributed by atoms with Gasteiger partial charge in [0.2, 0.25) is 6.79 Å². The number of hydrogen-bond donors (Lipinski definition) is 2. The molecule has 0 saturated carbocycles. The summed E-state index contributed by atoms with van der Waals surface area (Å²) in [6.45, 7) is 1.35. The van der Waals surface area contributed by atoms with E-state index in [1.807, 2.05) is 6.92 Å². The number of nitrogens with one attached hydrogen (secondary N) is 2. The lowest BCUT2D eigenvalue weighted by Crippen LogP contribution is -2.41. The lowest BCUT2D eigenvalue weighted by Gasteiger charge is -2.15. The van der Waals surface area contributed by atoms with Gasteiger partial charge in [0.25, 0.3) is 0 Å². The van der Waals surface area contributed by atoms with Gasteiger partial charge in [-0.25, -0.2) is 4.99 Å². The largest absolute Gasteiger partial charge is 0.454 e. The summed E-state index contributed by atoms with van der Waals surface area (Å²) in [5.74, 6) is 1.50. The van der Waals surface area contributed by atoms with Crippen LogP contribution < -0.4 is 24.8 Å². The summed E-state index contributed by atoms with van der Waals surface area (Å²) in [7, 11) is 0. The van der Waals surface area contributed by atoms with E-state index in [1.54, 1.807) is 6.07 Å². The van der Waals surface area contributed by atoms with E-state index in [2.05, 4.69) is 20.4 Å². The van der Waals surface area contributed by atoms with Crippen LogP contribution in [0.5, 0.6) is 17.2 Å². The number of aliphatic imine (C=N–C) groups is 1. The van der Waals surface area contributed by atoms with Crippen molar-refractivity contribution in [3.05, 3.63) is 17.7 Å². The molecule has 1 saturated heterocycles. The van der Waals surface area contributed by atoms with Crippen molar-refractivity contribution in [1.29, 1.82) is 0 Å². The van der Waals surface area contributed by atoms with Crippen molar-refractivity contribution in [2.45, 2.75) is 39.0 Å². The maximum absolute atomic E-state index is 12.7. The minimum absolute atomic E-state index is 0.0305. The zero-order valence-electron chi connectivity index (χ0n) is 14.6. The summed E-state index contributed by atoms with van der Waals surface area (Å²) in [6, 6.07) is 3.03. The second kappa shape index (κ2) is 8.88. The van der Waals surface area contributed by atoms with Crippen LogP contribution in [-0.2, 0) is 11.3 Å². The lowest BCUT2D eigenvalue weighted by molar-refractivity contribution is -0.0505. The van der Waals surface area contributed by atoms with Crippen molar-refractivity contribution in [1.82, 2.24) is 10.6 Å². The molecule has 0 radical (unpaired) electrons. The standard InChI is InChI=1S/C17H23F2N3O4/c1-2-20-17(22-9-12-4-3-5-23-12)21-8-11-6-14-15(25-10-24-14)7-13(11)26-16(18)19/h6-7,12,16H,2-5,8-10H2,1H3,(H2,20,21,22). The molecule has 2 N–H and O–H groups in total. The Hall–Kier alpha value is -2.29. The highest BCUT2D eigenvalue weighted by Gasteiger charge is 2.20. The molecule has 9 heteroatoms. The summed E-state index contributed by atoms with van der Waals surface area (Å²) >= 11 is 0. The smallest absolute Gasteiger partial charge is 0.387 e. The molecule has 2 heterocycles. The molecular weight excluding hydrogens is 348 g/mol. The van der Waals surface area contributed by atoms with Gasteiger partial charge in [-0.1, -0.05) is 0 Å². The van der Waals surface area contributed by atoms with Crippen LogP contribution in [0.4, 0.5) is 8.78 Å². The summed E-state index contributed by atoms with van der Waals surface area (Å²) in [5.41, 5.74) is 0.490. The number of rotatable bonds is 7. The number of nitrogens with zero attached hydrogens (tertiary/aromatic N) is 1. The highest BCUT2D eigenvalue weighted by atomic mass is 19.3.